The van der Waals surface area contributed by atoms with Crippen LogP contribution in [0.3, 0.4) is 0 Å². The maximum absolute atomic E-state index is 11.5. The second-order valence-electron chi connectivity index (χ2n) is 3.47. The third-order valence-corrected chi connectivity index (χ3v) is 2.37. The average molecular weight is 256 g/mol. The summed E-state index contributed by atoms with van der Waals surface area (Å²) >= 11 is 5.73. The van der Waals surface area contributed by atoms with E-state index in [0.29, 0.717) is 5.02 Å². The van der Waals surface area contributed by atoms with Crippen LogP contribution >= 0.6 is 11.6 Å². The van der Waals surface area contributed by atoms with Gasteiger partial charge in [0.25, 0.3) is 0 Å². The van der Waals surface area contributed by atoms with E-state index in [1.807, 2.05) is 5.43 Å². The highest BCUT2D eigenvalue weighted by Crippen LogP contribution is 2.09. The van der Waals surface area contributed by atoms with Crippen molar-refractivity contribution in [3.63, 3.8) is 0 Å². The van der Waals surface area contributed by atoms with Crippen LogP contribution in [0, 0.1) is 0 Å². The van der Waals surface area contributed by atoms with Crippen molar-refractivity contribution < 1.29 is 9.59 Å². The van der Waals surface area contributed by atoms with Gasteiger partial charge in [0, 0.05) is 18.0 Å². The van der Waals surface area contributed by atoms with Gasteiger partial charge in [0.2, 0.25) is 11.8 Å². The van der Waals surface area contributed by atoms with Gasteiger partial charge in [0.15, 0.2) is 0 Å². The number of amides is 2. The Balaban J connectivity index is 2.30. The number of nitrogens with one attached hydrogen (secondary N) is 2. The van der Waals surface area contributed by atoms with Crippen LogP contribution in [0.25, 0.3) is 0 Å². The zero-order valence-corrected chi connectivity index (χ0v) is 9.96. The molecule has 0 aliphatic heterocycles. The van der Waals surface area contributed by atoms with Gasteiger partial charge in [-0.05, 0) is 17.7 Å². The van der Waals surface area contributed by atoms with E-state index in [2.05, 4.69) is 5.32 Å². The molecule has 4 N–H and O–H groups in total. The summed E-state index contributed by atoms with van der Waals surface area (Å²) in [7, 11) is 0. The second-order valence-corrected chi connectivity index (χ2v) is 3.91. The van der Waals surface area contributed by atoms with Gasteiger partial charge in [-0.1, -0.05) is 23.7 Å². The third-order valence-electron chi connectivity index (χ3n) is 2.11. The summed E-state index contributed by atoms with van der Waals surface area (Å²) < 4.78 is 0. The number of benzene rings is 1. The van der Waals surface area contributed by atoms with Crippen LogP contribution in [-0.4, -0.2) is 18.4 Å². The highest BCUT2D eigenvalue weighted by Gasteiger charge is 2.04. The second kappa shape index (κ2) is 6.88. The molecule has 0 aliphatic carbocycles. The number of carbonyl (C=O) groups excluding carboxylic acids is 2. The SMILES string of the molecule is NNC(=O)CCNC(=O)Cc1ccc(Cl)cc1. The van der Waals surface area contributed by atoms with Gasteiger partial charge in [-0.25, -0.2) is 5.84 Å². The number of hydrogen-bond donors (Lipinski definition) is 3. The molecule has 0 unspecified atom stereocenters. The van der Waals surface area contributed by atoms with E-state index in [1.54, 1.807) is 24.3 Å². The number of halogens is 1. The summed E-state index contributed by atoms with van der Waals surface area (Å²) in [5.74, 6) is 4.45. The van der Waals surface area contributed by atoms with E-state index in [9.17, 15) is 9.59 Å². The number of carbonyl (C=O) groups is 2. The van der Waals surface area contributed by atoms with E-state index in [-0.39, 0.29) is 31.2 Å². The van der Waals surface area contributed by atoms with E-state index in [4.69, 9.17) is 17.4 Å². The first-order valence-corrected chi connectivity index (χ1v) is 5.50. The molecule has 1 aromatic carbocycles. The maximum Gasteiger partial charge on any atom is 0.235 e. The van der Waals surface area contributed by atoms with Crippen molar-refractivity contribution in [1.29, 1.82) is 0 Å². The molecular formula is C11H14ClN3O2. The van der Waals surface area contributed by atoms with Crippen molar-refractivity contribution in [3.05, 3.63) is 34.9 Å². The molecule has 2 amide bonds. The van der Waals surface area contributed by atoms with E-state index < -0.39 is 0 Å². The molecule has 0 saturated carbocycles. The molecule has 5 nitrogen and oxygen atoms in total. The number of nitrogens with two attached hydrogens (primary N) is 1. The summed E-state index contributed by atoms with van der Waals surface area (Å²) in [6.45, 7) is 0.273. The van der Waals surface area contributed by atoms with Crippen molar-refractivity contribution in [2.45, 2.75) is 12.8 Å². The van der Waals surface area contributed by atoms with Crippen LogP contribution in [0.15, 0.2) is 24.3 Å². The molecule has 0 heterocycles. The molecule has 92 valence electrons. The van der Waals surface area contributed by atoms with E-state index in [0.717, 1.165) is 5.56 Å². The predicted octanol–water partition coefficient (Wildman–Crippen LogP) is 0.379. The minimum Gasteiger partial charge on any atom is -0.355 e. The third kappa shape index (κ3) is 5.33. The summed E-state index contributed by atoms with van der Waals surface area (Å²) in [5, 5.41) is 3.26. The zero-order chi connectivity index (χ0) is 12.7. The first-order valence-electron chi connectivity index (χ1n) is 5.12. The van der Waals surface area contributed by atoms with Crippen LogP contribution < -0.4 is 16.6 Å². The van der Waals surface area contributed by atoms with Crippen molar-refractivity contribution >= 4 is 23.4 Å². The van der Waals surface area contributed by atoms with Gasteiger partial charge in [-0.3, -0.25) is 15.0 Å². The monoisotopic (exact) mass is 255 g/mol. The first kappa shape index (κ1) is 13.5. The van der Waals surface area contributed by atoms with E-state index in [1.165, 1.54) is 0 Å². The largest absolute Gasteiger partial charge is 0.355 e. The Morgan fingerprint density at radius 2 is 1.82 bits per heavy atom. The van der Waals surface area contributed by atoms with Crippen molar-refractivity contribution in [2.75, 3.05) is 6.54 Å². The Bertz CT molecular complexity index is 392. The van der Waals surface area contributed by atoms with Crippen molar-refractivity contribution in [2.24, 2.45) is 5.84 Å². The molecule has 1 aromatic rings. The normalized spacial score (nSPS) is 9.76. The summed E-state index contributed by atoms with van der Waals surface area (Å²) in [6, 6.07) is 7.03. The molecular weight excluding hydrogens is 242 g/mol. The quantitative estimate of drug-likeness (QED) is 0.404. The molecule has 0 atom stereocenters. The fraction of sp³-hybridized carbons (Fsp3) is 0.273. The number of hydrazine groups is 1. The van der Waals surface area contributed by atoms with Gasteiger partial charge in [-0.15, -0.1) is 0 Å². The minimum atomic E-state index is -0.309. The molecule has 0 radical (unpaired) electrons. The standard InChI is InChI=1S/C11H14ClN3O2/c12-9-3-1-8(2-4-9)7-11(17)14-6-5-10(16)15-13/h1-4H,5-7,13H2,(H,14,17)(H,15,16). The van der Waals surface area contributed by atoms with Crippen LogP contribution in [0.4, 0.5) is 0 Å². The Hall–Kier alpha value is -1.59. The summed E-state index contributed by atoms with van der Waals surface area (Å²) in [5.41, 5.74) is 2.86. The lowest BCUT2D eigenvalue weighted by Crippen LogP contribution is -2.34. The fourth-order valence-corrected chi connectivity index (χ4v) is 1.36. The topological polar surface area (TPSA) is 84.2 Å². The minimum absolute atomic E-state index is 0.142. The Labute approximate surface area is 104 Å². The van der Waals surface area contributed by atoms with Crippen LogP contribution in [0.5, 0.6) is 0 Å². The van der Waals surface area contributed by atoms with Gasteiger partial charge in [0.1, 0.15) is 0 Å². The van der Waals surface area contributed by atoms with Gasteiger partial charge in [0.05, 0.1) is 6.42 Å². The summed E-state index contributed by atoms with van der Waals surface area (Å²) in [6.07, 6.45) is 0.435. The number of rotatable bonds is 5. The van der Waals surface area contributed by atoms with Crippen LogP contribution in [0.1, 0.15) is 12.0 Å². The van der Waals surface area contributed by atoms with Crippen LogP contribution in [0.2, 0.25) is 5.02 Å². The average Bonchev–Trinajstić information content (AvgIpc) is 2.32. The predicted molar refractivity (Wildman–Crippen MR) is 65.1 cm³/mol. The van der Waals surface area contributed by atoms with Gasteiger partial charge >= 0.3 is 0 Å². The lowest BCUT2D eigenvalue weighted by atomic mass is 10.1. The smallest absolute Gasteiger partial charge is 0.235 e. The van der Waals surface area contributed by atoms with E-state index >= 15 is 0 Å². The highest BCUT2D eigenvalue weighted by molar-refractivity contribution is 6.30. The highest BCUT2D eigenvalue weighted by atomic mass is 35.5. The Morgan fingerprint density at radius 3 is 2.41 bits per heavy atom. The van der Waals surface area contributed by atoms with Crippen LogP contribution in [-0.2, 0) is 16.0 Å². The Kier molecular flexibility index (Phi) is 5.45. The molecule has 0 aromatic heterocycles. The Morgan fingerprint density at radius 1 is 1.18 bits per heavy atom. The van der Waals surface area contributed by atoms with Gasteiger partial charge in [-0.2, -0.15) is 0 Å². The molecule has 1 rings (SSSR count). The van der Waals surface area contributed by atoms with Gasteiger partial charge < -0.3 is 5.32 Å². The molecule has 17 heavy (non-hydrogen) atoms. The van der Waals surface area contributed by atoms with Crippen molar-refractivity contribution in [1.82, 2.24) is 10.7 Å². The lowest BCUT2D eigenvalue weighted by molar-refractivity contribution is -0.122. The maximum atomic E-state index is 11.5. The molecule has 0 fully saturated rings. The fourth-order valence-electron chi connectivity index (χ4n) is 1.24. The zero-order valence-electron chi connectivity index (χ0n) is 9.20. The molecule has 0 spiro atoms. The lowest BCUT2D eigenvalue weighted by Gasteiger charge is -2.04. The first-order chi connectivity index (χ1) is 8.11. The molecule has 0 aliphatic rings. The molecule has 6 heteroatoms. The number of hydrogen-bond acceptors (Lipinski definition) is 3. The molecule has 0 bridgehead atoms. The summed E-state index contributed by atoms with van der Waals surface area (Å²) in [4.78, 5) is 22.2. The molecule has 0 saturated heterocycles. The van der Waals surface area contributed by atoms with Crippen molar-refractivity contribution in [3.8, 4) is 0 Å².